The molecule has 2 amide bonds. The van der Waals surface area contributed by atoms with Gasteiger partial charge in [0.2, 0.25) is 5.91 Å². The molecule has 1 fully saturated rings. The van der Waals surface area contributed by atoms with Crippen LogP contribution in [0.2, 0.25) is 0 Å². The van der Waals surface area contributed by atoms with Gasteiger partial charge in [-0.1, -0.05) is 36.4 Å². The first-order valence-corrected chi connectivity index (χ1v) is 8.99. The number of nitrogens with zero attached hydrogens (tertiary/aromatic N) is 1. The maximum Gasteiger partial charge on any atom is 0.254 e. The average molecular weight is 364 g/mol. The molecule has 140 valence electrons. The van der Waals surface area contributed by atoms with Gasteiger partial charge < -0.3 is 15.0 Å². The van der Waals surface area contributed by atoms with Crippen molar-refractivity contribution in [2.24, 2.45) is 0 Å². The van der Waals surface area contributed by atoms with Gasteiger partial charge in [0, 0.05) is 17.8 Å². The molecular formula is C22H24N2O3. The molecule has 1 aliphatic rings. The van der Waals surface area contributed by atoms with Gasteiger partial charge in [-0.15, -0.1) is 0 Å². The first-order valence-electron chi connectivity index (χ1n) is 8.99. The second-order valence-electron chi connectivity index (χ2n) is 6.74. The highest BCUT2D eigenvalue weighted by atomic mass is 16.5. The van der Waals surface area contributed by atoms with Crippen molar-refractivity contribution in [3.8, 4) is 0 Å². The summed E-state index contributed by atoms with van der Waals surface area (Å²) in [4.78, 5) is 26.2. The molecule has 1 N–H and O–H groups in total. The van der Waals surface area contributed by atoms with E-state index in [9.17, 15) is 9.59 Å². The van der Waals surface area contributed by atoms with E-state index in [-0.39, 0.29) is 17.9 Å². The van der Waals surface area contributed by atoms with Crippen LogP contribution in [-0.2, 0) is 9.53 Å². The number of benzene rings is 2. The van der Waals surface area contributed by atoms with Crippen molar-refractivity contribution in [3.05, 3.63) is 77.4 Å². The van der Waals surface area contributed by atoms with Crippen molar-refractivity contribution in [1.82, 2.24) is 4.90 Å². The van der Waals surface area contributed by atoms with E-state index in [1.165, 1.54) is 17.2 Å². The van der Waals surface area contributed by atoms with Crippen LogP contribution in [0.1, 0.15) is 33.2 Å². The number of rotatable bonds is 4. The number of hydrogen-bond acceptors (Lipinski definition) is 3. The third-order valence-corrected chi connectivity index (χ3v) is 4.69. The van der Waals surface area contributed by atoms with Crippen molar-refractivity contribution >= 4 is 17.5 Å². The van der Waals surface area contributed by atoms with Gasteiger partial charge in [0.25, 0.3) is 5.91 Å². The Morgan fingerprint density at radius 2 is 2.04 bits per heavy atom. The summed E-state index contributed by atoms with van der Waals surface area (Å²) in [5.41, 5.74) is 4.61. The van der Waals surface area contributed by atoms with Crippen LogP contribution in [0.3, 0.4) is 0 Å². The van der Waals surface area contributed by atoms with Crippen LogP contribution in [0.5, 0.6) is 0 Å². The summed E-state index contributed by atoms with van der Waals surface area (Å²) in [6, 6.07) is 13.2. The number of anilines is 1. The molecule has 0 aromatic heterocycles. The summed E-state index contributed by atoms with van der Waals surface area (Å²) in [5, 5.41) is 2.68. The van der Waals surface area contributed by atoms with Crippen LogP contribution in [0.4, 0.5) is 5.69 Å². The van der Waals surface area contributed by atoms with Crippen molar-refractivity contribution in [2.45, 2.75) is 20.0 Å². The number of carbonyl (C=O) groups is 2. The second kappa shape index (κ2) is 8.18. The fourth-order valence-corrected chi connectivity index (χ4v) is 3.31. The monoisotopic (exact) mass is 364 g/mol. The molecule has 2 aromatic rings. The quantitative estimate of drug-likeness (QED) is 0.843. The van der Waals surface area contributed by atoms with E-state index in [1.54, 1.807) is 24.3 Å². The first-order chi connectivity index (χ1) is 13.0. The molecule has 1 atom stereocenters. The highest BCUT2D eigenvalue weighted by Gasteiger charge is 2.27. The van der Waals surface area contributed by atoms with Crippen LogP contribution in [-0.4, -0.2) is 36.4 Å². The van der Waals surface area contributed by atoms with Crippen LogP contribution >= 0.6 is 0 Å². The fraction of sp³-hybridized carbons (Fsp3) is 0.273. The van der Waals surface area contributed by atoms with E-state index in [0.717, 1.165) is 5.56 Å². The molecule has 0 bridgehead atoms. The Morgan fingerprint density at radius 3 is 2.78 bits per heavy atom. The normalized spacial score (nSPS) is 16.7. The van der Waals surface area contributed by atoms with Gasteiger partial charge in [-0.25, -0.2) is 0 Å². The lowest BCUT2D eigenvalue weighted by Gasteiger charge is -2.34. The van der Waals surface area contributed by atoms with Gasteiger partial charge in [0.1, 0.15) is 6.10 Å². The van der Waals surface area contributed by atoms with E-state index in [4.69, 9.17) is 4.74 Å². The Hall–Kier alpha value is -2.92. The first kappa shape index (κ1) is 18.9. The highest BCUT2D eigenvalue weighted by Crippen LogP contribution is 2.27. The molecule has 1 heterocycles. The van der Waals surface area contributed by atoms with E-state index >= 15 is 0 Å². The minimum Gasteiger partial charge on any atom is -0.370 e. The van der Waals surface area contributed by atoms with E-state index in [1.807, 2.05) is 4.90 Å². The number of hydrogen-bond donors (Lipinski definition) is 1. The van der Waals surface area contributed by atoms with Crippen molar-refractivity contribution in [3.63, 3.8) is 0 Å². The number of morpholine rings is 1. The van der Waals surface area contributed by atoms with Crippen molar-refractivity contribution in [1.29, 1.82) is 0 Å². The van der Waals surface area contributed by atoms with Crippen molar-refractivity contribution in [2.75, 3.05) is 25.0 Å². The van der Waals surface area contributed by atoms with Gasteiger partial charge in [-0.3, -0.25) is 9.59 Å². The minimum absolute atomic E-state index is 0.0669. The van der Waals surface area contributed by atoms with E-state index < -0.39 is 0 Å². The molecule has 1 saturated heterocycles. The zero-order chi connectivity index (χ0) is 19.4. The average Bonchev–Trinajstić information content (AvgIpc) is 2.67. The second-order valence-corrected chi connectivity index (χ2v) is 6.74. The largest absolute Gasteiger partial charge is 0.370 e. The molecule has 3 rings (SSSR count). The number of ether oxygens (including phenoxy) is 1. The Kier molecular flexibility index (Phi) is 5.72. The van der Waals surface area contributed by atoms with E-state index in [0.29, 0.717) is 30.9 Å². The third kappa shape index (κ3) is 4.44. The van der Waals surface area contributed by atoms with Crippen LogP contribution in [0, 0.1) is 13.8 Å². The minimum atomic E-state index is -0.305. The zero-order valence-electron chi connectivity index (χ0n) is 15.7. The smallest absolute Gasteiger partial charge is 0.254 e. The van der Waals surface area contributed by atoms with Gasteiger partial charge in [0.15, 0.2) is 0 Å². The van der Waals surface area contributed by atoms with Crippen LogP contribution in [0.25, 0.3) is 0 Å². The summed E-state index contributed by atoms with van der Waals surface area (Å²) in [6.45, 7) is 9.11. The highest BCUT2D eigenvalue weighted by molar-refractivity contribution is 6.00. The molecule has 1 unspecified atom stereocenters. The van der Waals surface area contributed by atoms with Gasteiger partial charge >= 0.3 is 0 Å². The lowest BCUT2D eigenvalue weighted by molar-refractivity contribution is -0.111. The Bertz CT molecular complexity index is 876. The van der Waals surface area contributed by atoms with Crippen LogP contribution in [0.15, 0.2) is 55.1 Å². The number of amides is 2. The molecular weight excluding hydrogens is 340 g/mol. The predicted octanol–water partition coefficient (Wildman–Crippen LogP) is 3.64. The van der Waals surface area contributed by atoms with Gasteiger partial charge in [0.05, 0.1) is 13.2 Å². The molecule has 0 spiro atoms. The number of nitrogens with one attached hydrogen (secondary N) is 1. The van der Waals surface area contributed by atoms with Gasteiger partial charge in [-0.05, 0) is 49.2 Å². The maximum absolute atomic E-state index is 13.0. The predicted molar refractivity (Wildman–Crippen MR) is 106 cm³/mol. The number of aryl methyl sites for hydroxylation is 2. The van der Waals surface area contributed by atoms with Crippen molar-refractivity contribution < 1.29 is 14.3 Å². The standard InChI is InChI=1S/C22H24N2O3/c1-4-21(25)23-18-7-5-6-17(13-18)22(26)24-10-11-27-20(14-24)19-9-8-15(2)12-16(19)3/h4-9,12-13,20H,1,10-11,14H2,2-3H3,(H,23,25). The summed E-state index contributed by atoms with van der Waals surface area (Å²) < 4.78 is 5.93. The van der Waals surface area contributed by atoms with Crippen LogP contribution < -0.4 is 5.32 Å². The Labute approximate surface area is 159 Å². The molecule has 0 aliphatic carbocycles. The zero-order valence-corrected chi connectivity index (χ0v) is 15.7. The molecule has 27 heavy (non-hydrogen) atoms. The summed E-state index contributed by atoms with van der Waals surface area (Å²) >= 11 is 0. The Balaban J connectivity index is 1.76. The SMILES string of the molecule is C=CC(=O)Nc1cccc(C(=O)N2CCOC(c3ccc(C)cc3C)C2)c1. The lowest BCUT2D eigenvalue weighted by Crippen LogP contribution is -2.42. The molecule has 0 saturated carbocycles. The fourth-order valence-electron chi connectivity index (χ4n) is 3.31. The summed E-state index contributed by atoms with van der Waals surface area (Å²) in [5.74, 6) is -0.372. The van der Waals surface area contributed by atoms with Gasteiger partial charge in [-0.2, -0.15) is 0 Å². The number of carbonyl (C=O) groups excluding carboxylic acids is 2. The summed E-state index contributed by atoms with van der Waals surface area (Å²) in [7, 11) is 0. The molecule has 5 heteroatoms. The summed E-state index contributed by atoms with van der Waals surface area (Å²) in [6.07, 6.45) is 1.07. The molecule has 0 radical (unpaired) electrons. The topological polar surface area (TPSA) is 58.6 Å². The lowest BCUT2D eigenvalue weighted by atomic mass is 9.99. The Morgan fingerprint density at radius 1 is 1.22 bits per heavy atom. The molecule has 1 aliphatic heterocycles. The molecule has 5 nitrogen and oxygen atoms in total. The maximum atomic E-state index is 13.0. The third-order valence-electron chi connectivity index (χ3n) is 4.69. The molecule has 2 aromatic carbocycles. The van der Waals surface area contributed by atoms with E-state index in [2.05, 4.69) is 43.9 Å².